The summed E-state index contributed by atoms with van der Waals surface area (Å²) in [7, 11) is 0. The highest BCUT2D eigenvalue weighted by molar-refractivity contribution is 9.10. The predicted octanol–water partition coefficient (Wildman–Crippen LogP) is 4.08. The predicted molar refractivity (Wildman–Crippen MR) is 76.1 cm³/mol. The van der Waals surface area contributed by atoms with E-state index in [-0.39, 0.29) is 0 Å². The normalized spacial score (nSPS) is 14.7. The monoisotopic (exact) mass is 328 g/mol. The van der Waals surface area contributed by atoms with E-state index in [1.54, 1.807) is 0 Å². The van der Waals surface area contributed by atoms with Crippen LogP contribution < -0.4 is 0 Å². The Kier molecular flexibility index (Phi) is 3.19. The number of nitrogens with zero attached hydrogens (tertiary/aromatic N) is 2. The number of aryl methyl sites for hydroxylation is 1. The van der Waals surface area contributed by atoms with E-state index in [1.807, 2.05) is 40.7 Å². The quantitative estimate of drug-likeness (QED) is 0.784. The van der Waals surface area contributed by atoms with Crippen molar-refractivity contribution >= 4 is 39.3 Å². The minimum Gasteiger partial charge on any atom is -0.226 e. The van der Waals surface area contributed by atoms with Crippen molar-refractivity contribution in [3.63, 3.8) is 0 Å². The van der Waals surface area contributed by atoms with Crippen molar-refractivity contribution in [2.75, 3.05) is 5.75 Å². The van der Waals surface area contributed by atoms with Crippen molar-refractivity contribution in [2.24, 2.45) is 0 Å². The molecule has 0 spiro atoms. The molecule has 88 valence electrons. The molecule has 0 saturated carbocycles. The van der Waals surface area contributed by atoms with Crippen LogP contribution in [-0.4, -0.2) is 15.5 Å². The molecule has 0 fully saturated rings. The maximum atomic E-state index is 5.90. The van der Waals surface area contributed by atoms with Gasteiger partial charge in [0.1, 0.15) is 4.60 Å². The van der Waals surface area contributed by atoms with Crippen molar-refractivity contribution < 1.29 is 0 Å². The van der Waals surface area contributed by atoms with Crippen LogP contribution in [0.15, 0.2) is 28.9 Å². The summed E-state index contributed by atoms with van der Waals surface area (Å²) < 4.78 is 3.02. The highest BCUT2D eigenvalue weighted by atomic mass is 79.9. The van der Waals surface area contributed by atoms with E-state index in [2.05, 4.69) is 21.0 Å². The zero-order valence-corrected chi connectivity index (χ0v) is 12.1. The Morgan fingerprint density at radius 2 is 2.06 bits per heavy atom. The third-order valence-electron chi connectivity index (χ3n) is 2.80. The van der Waals surface area contributed by atoms with Gasteiger partial charge in [-0.3, -0.25) is 0 Å². The minimum atomic E-state index is 0.748. The van der Waals surface area contributed by atoms with Gasteiger partial charge in [0.25, 0.3) is 0 Å². The highest BCUT2D eigenvalue weighted by Gasteiger charge is 2.19. The molecule has 0 amide bonds. The molecule has 2 nitrogen and oxygen atoms in total. The van der Waals surface area contributed by atoms with Gasteiger partial charge in [0.15, 0.2) is 0 Å². The van der Waals surface area contributed by atoms with Gasteiger partial charge in [-0.1, -0.05) is 11.6 Å². The zero-order valence-electron chi connectivity index (χ0n) is 8.99. The number of aromatic nitrogens is 2. The second-order valence-electron chi connectivity index (χ2n) is 3.91. The number of fused-ring (bicyclic) bond motifs is 1. The standard InChI is InChI=1S/C12H10BrClN2S/c13-12-10-7-17-6-5-11(10)15-16(12)9-3-1-8(14)2-4-9/h1-4H,5-7H2. The maximum absolute atomic E-state index is 5.90. The first-order valence-corrected chi connectivity index (χ1v) is 7.68. The third-order valence-corrected chi connectivity index (χ3v) is 4.86. The largest absolute Gasteiger partial charge is 0.226 e. The Balaban J connectivity index is 2.09. The summed E-state index contributed by atoms with van der Waals surface area (Å²) in [5, 5.41) is 5.41. The van der Waals surface area contributed by atoms with Crippen molar-refractivity contribution in [2.45, 2.75) is 12.2 Å². The van der Waals surface area contributed by atoms with Gasteiger partial charge in [0.05, 0.1) is 11.4 Å². The topological polar surface area (TPSA) is 17.8 Å². The van der Waals surface area contributed by atoms with E-state index in [1.165, 1.54) is 11.3 Å². The van der Waals surface area contributed by atoms with Crippen LogP contribution in [0.25, 0.3) is 5.69 Å². The van der Waals surface area contributed by atoms with Gasteiger partial charge in [0.2, 0.25) is 0 Å². The molecule has 1 aromatic heterocycles. The first kappa shape index (κ1) is 11.6. The van der Waals surface area contributed by atoms with Crippen LogP contribution >= 0.6 is 39.3 Å². The van der Waals surface area contributed by atoms with Crippen LogP contribution in [0.2, 0.25) is 5.02 Å². The molecule has 0 atom stereocenters. The molecule has 1 aromatic carbocycles. The smallest absolute Gasteiger partial charge is 0.114 e. The summed E-state index contributed by atoms with van der Waals surface area (Å²) in [5.74, 6) is 2.21. The van der Waals surface area contributed by atoms with E-state index in [4.69, 9.17) is 11.6 Å². The molecule has 17 heavy (non-hydrogen) atoms. The Morgan fingerprint density at radius 1 is 1.29 bits per heavy atom. The molecule has 2 heterocycles. The fourth-order valence-corrected chi connectivity index (χ4v) is 3.87. The second-order valence-corrected chi connectivity index (χ2v) is 6.20. The van der Waals surface area contributed by atoms with Crippen molar-refractivity contribution in [3.8, 4) is 5.69 Å². The fourth-order valence-electron chi connectivity index (χ4n) is 1.91. The van der Waals surface area contributed by atoms with E-state index < -0.39 is 0 Å². The lowest BCUT2D eigenvalue weighted by atomic mass is 10.2. The molecule has 5 heteroatoms. The molecule has 1 aliphatic heterocycles. The number of hydrogen-bond acceptors (Lipinski definition) is 2. The maximum Gasteiger partial charge on any atom is 0.114 e. The lowest BCUT2D eigenvalue weighted by Crippen LogP contribution is -2.00. The molecule has 2 aromatic rings. The van der Waals surface area contributed by atoms with Gasteiger partial charge in [-0.15, -0.1) is 0 Å². The third kappa shape index (κ3) is 2.14. The van der Waals surface area contributed by atoms with E-state index in [9.17, 15) is 0 Å². The van der Waals surface area contributed by atoms with E-state index in [0.29, 0.717) is 0 Å². The molecule has 1 aliphatic rings. The fraction of sp³-hybridized carbons (Fsp3) is 0.250. The van der Waals surface area contributed by atoms with Crippen LogP contribution in [0.4, 0.5) is 0 Å². The molecular formula is C12H10BrClN2S. The summed E-state index contributed by atoms with van der Waals surface area (Å²) in [5.41, 5.74) is 3.59. The second kappa shape index (κ2) is 4.67. The molecule has 0 bridgehead atoms. The number of halogens is 2. The van der Waals surface area contributed by atoms with E-state index >= 15 is 0 Å². The molecule has 0 N–H and O–H groups in total. The van der Waals surface area contributed by atoms with E-state index in [0.717, 1.165) is 33.2 Å². The average Bonchev–Trinajstić information content (AvgIpc) is 2.69. The molecule has 0 aliphatic carbocycles. The Labute approximate surface area is 117 Å². The lowest BCUT2D eigenvalue weighted by molar-refractivity contribution is 0.829. The molecule has 0 radical (unpaired) electrons. The first-order valence-electron chi connectivity index (χ1n) is 5.35. The summed E-state index contributed by atoms with van der Waals surface area (Å²) in [6.07, 6.45) is 1.05. The average molecular weight is 330 g/mol. The first-order chi connectivity index (χ1) is 8.25. The molecular weight excluding hydrogens is 320 g/mol. The lowest BCUT2D eigenvalue weighted by Gasteiger charge is -2.08. The van der Waals surface area contributed by atoms with Crippen LogP contribution in [0.5, 0.6) is 0 Å². The van der Waals surface area contributed by atoms with Crippen LogP contribution in [0, 0.1) is 0 Å². The van der Waals surface area contributed by atoms with Gasteiger partial charge in [0, 0.05) is 22.8 Å². The van der Waals surface area contributed by atoms with Gasteiger partial charge in [-0.05, 0) is 45.9 Å². The van der Waals surface area contributed by atoms with Crippen molar-refractivity contribution in [1.82, 2.24) is 9.78 Å². The molecule has 3 rings (SSSR count). The molecule has 0 saturated heterocycles. The Bertz CT molecular complexity index is 550. The van der Waals surface area contributed by atoms with Crippen LogP contribution in [0.3, 0.4) is 0 Å². The number of rotatable bonds is 1. The number of thioether (sulfide) groups is 1. The van der Waals surface area contributed by atoms with Gasteiger partial charge in [-0.25, -0.2) is 4.68 Å². The number of benzene rings is 1. The summed E-state index contributed by atoms with van der Waals surface area (Å²) in [6.45, 7) is 0. The van der Waals surface area contributed by atoms with Crippen molar-refractivity contribution in [1.29, 1.82) is 0 Å². The minimum absolute atomic E-state index is 0.748. The summed E-state index contributed by atoms with van der Waals surface area (Å²) in [4.78, 5) is 0. The van der Waals surface area contributed by atoms with Gasteiger partial charge < -0.3 is 0 Å². The van der Waals surface area contributed by atoms with Crippen molar-refractivity contribution in [3.05, 3.63) is 45.1 Å². The van der Waals surface area contributed by atoms with Gasteiger partial charge >= 0.3 is 0 Å². The highest BCUT2D eigenvalue weighted by Crippen LogP contribution is 2.32. The Hall–Kier alpha value is -0.450. The summed E-state index contributed by atoms with van der Waals surface area (Å²) >= 11 is 11.5. The SMILES string of the molecule is Clc1ccc(-n2nc3c(c2Br)CSCC3)cc1. The van der Waals surface area contributed by atoms with Crippen LogP contribution in [0.1, 0.15) is 11.3 Å². The Morgan fingerprint density at radius 3 is 2.76 bits per heavy atom. The zero-order chi connectivity index (χ0) is 11.8. The molecule has 0 unspecified atom stereocenters. The summed E-state index contributed by atoms with van der Waals surface area (Å²) in [6, 6.07) is 7.74. The van der Waals surface area contributed by atoms with Crippen LogP contribution in [-0.2, 0) is 12.2 Å². The van der Waals surface area contributed by atoms with Gasteiger partial charge in [-0.2, -0.15) is 16.9 Å². The number of hydrogen-bond donors (Lipinski definition) is 0.